The Hall–Kier alpha value is -6.10. The maximum absolute atomic E-state index is 13.1. The van der Waals surface area contributed by atoms with Gasteiger partial charge in [-0.05, 0) is 180 Å². The third kappa shape index (κ3) is 78.0. The molecule has 0 heterocycles. The van der Waals surface area contributed by atoms with Crippen LogP contribution >= 0.6 is 15.6 Å². The zero-order valence-electron chi connectivity index (χ0n) is 66.7. The lowest BCUT2D eigenvalue weighted by Gasteiger charge is -2.21. The Kier molecular flexibility index (Phi) is 74.5. The fourth-order valence-electron chi connectivity index (χ4n) is 10.0. The van der Waals surface area contributed by atoms with Gasteiger partial charge < -0.3 is 33.8 Å². The average molecular weight is 1550 g/mol. The van der Waals surface area contributed by atoms with Crippen LogP contribution in [0.15, 0.2) is 194 Å². The van der Waals surface area contributed by atoms with Crippen LogP contribution in [0.1, 0.15) is 285 Å². The van der Waals surface area contributed by atoms with Crippen molar-refractivity contribution in [3.8, 4) is 0 Å². The van der Waals surface area contributed by atoms with E-state index >= 15 is 0 Å². The first-order chi connectivity index (χ1) is 52.7. The summed E-state index contributed by atoms with van der Waals surface area (Å²) in [5.41, 5.74) is 0. The van der Waals surface area contributed by atoms with Gasteiger partial charge in [0.05, 0.1) is 26.4 Å². The maximum atomic E-state index is 13.1. The summed E-state index contributed by atoms with van der Waals surface area (Å²) in [5.74, 6) is -2.32. The predicted molar refractivity (Wildman–Crippen MR) is 445 cm³/mol. The number of esters is 4. The van der Waals surface area contributed by atoms with E-state index < -0.39 is 97.5 Å². The van der Waals surface area contributed by atoms with Crippen LogP contribution in [0.2, 0.25) is 0 Å². The Bertz CT molecular complexity index is 2810. The molecule has 0 aliphatic carbocycles. The first kappa shape index (κ1) is 102. The van der Waals surface area contributed by atoms with E-state index in [1.807, 2.05) is 0 Å². The van der Waals surface area contributed by atoms with E-state index in [9.17, 15) is 43.2 Å². The van der Waals surface area contributed by atoms with Gasteiger partial charge >= 0.3 is 39.5 Å². The molecule has 0 amide bonds. The molecule has 0 fully saturated rings. The number of phosphoric ester groups is 2. The van der Waals surface area contributed by atoms with Gasteiger partial charge in [0.1, 0.15) is 19.3 Å². The van der Waals surface area contributed by atoms with Gasteiger partial charge in [-0.2, -0.15) is 0 Å². The fourth-order valence-corrected chi connectivity index (χ4v) is 11.6. The molecule has 5 unspecified atom stereocenters. The van der Waals surface area contributed by atoms with Gasteiger partial charge in [-0.15, -0.1) is 0 Å². The molecule has 19 heteroatoms. The highest BCUT2D eigenvalue weighted by atomic mass is 31.2. The normalized spacial score (nSPS) is 14.8. The summed E-state index contributed by atoms with van der Waals surface area (Å²) in [5, 5.41) is 10.7. The number of unbranched alkanes of at least 4 members (excludes halogenated alkanes) is 16. The number of rotatable bonds is 74. The first-order valence-corrected chi connectivity index (χ1v) is 43.7. The zero-order chi connectivity index (χ0) is 78.9. The second kappa shape index (κ2) is 79.0. The Morgan fingerprint density at radius 1 is 0.259 bits per heavy atom. The lowest BCUT2D eigenvalue weighted by atomic mass is 10.1. The van der Waals surface area contributed by atoms with Crippen molar-refractivity contribution in [2.75, 3.05) is 39.6 Å². The summed E-state index contributed by atoms with van der Waals surface area (Å²) in [6, 6.07) is 0. The van der Waals surface area contributed by atoms with Gasteiger partial charge in [-0.1, -0.05) is 273 Å². The number of carbonyl (C=O) groups excluding carboxylic acids is 4. The van der Waals surface area contributed by atoms with Gasteiger partial charge in [-0.25, -0.2) is 9.13 Å². The number of phosphoric acid groups is 2. The molecule has 0 saturated heterocycles. The summed E-state index contributed by atoms with van der Waals surface area (Å²) >= 11 is 0. The van der Waals surface area contributed by atoms with E-state index in [2.05, 4.69) is 222 Å². The monoisotopic (exact) mass is 1540 g/mol. The second-order valence-electron chi connectivity index (χ2n) is 26.2. The highest BCUT2D eigenvalue weighted by Gasteiger charge is 2.30. The van der Waals surface area contributed by atoms with Gasteiger partial charge in [0.25, 0.3) is 0 Å². The van der Waals surface area contributed by atoms with Crippen molar-refractivity contribution in [2.45, 2.75) is 303 Å². The number of aliphatic hydroxyl groups is 1. The second-order valence-corrected chi connectivity index (χ2v) is 29.1. The molecule has 0 aromatic heterocycles. The third-order valence-electron chi connectivity index (χ3n) is 16.0. The molecule has 0 radical (unpaired) electrons. The Morgan fingerprint density at radius 3 is 0.722 bits per heavy atom. The van der Waals surface area contributed by atoms with Crippen molar-refractivity contribution in [1.82, 2.24) is 0 Å². The highest BCUT2D eigenvalue weighted by molar-refractivity contribution is 7.47. The lowest BCUT2D eigenvalue weighted by Crippen LogP contribution is -2.30. The molecule has 0 spiro atoms. The molecule has 610 valence electrons. The summed E-state index contributed by atoms with van der Waals surface area (Å²) in [6.07, 6.45) is 96.9. The van der Waals surface area contributed by atoms with E-state index in [1.54, 1.807) is 0 Å². The Balaban J connectivity index is 5.49. The summed E-state index contributed by atoms with van der Waals surface area (Å²) in [4.78, 5) is 73.1. The number of aliphatic hydroxyl groups excluding tert-OH is 1. The molecule has 0 aromatic carbocycles. The lowest BCUT2D eigenvalue weighted by molar-refractivity contribution is -0.161. The number of hydrogen-bond donors (Lipinski definition) is 3. The third-order valence-corrected chi connectivity index (χ3v) is 17.9. The molecule has 17 nitrogen and oxygen atoms in total. The molecule has 0 rings (SSSR count). The van der Waals surface area contributed by atoms with E-state index in [1.165, 1.54) is 0 Å². The van der Waals surface area contributed by atoms with Crippen LogP contribution in [0, 0.1) is 0 Å². The van der Waals surface area contributed by atoms with E-state index in [0.29, 0.717) is 32.1 Å². The summed E-state index contributed by atoms with van der Waals surface area (Å²) < 4.78 is 68.6. The predicted octanol–water partition coefficient (Wildman–Crippen LogP) is 24.1. The quantitative estimate of drug-likeness (QED) is 0.0169. The molecule has 0 aliphatic heterocycles. The van der Waals surface area contributed by atoms with Gasteiger partial charge in [0.15, 0.2) is 12.2 Å². The maximum Gasteiger partial charge on any atom is 0.472 e. The van der Waals surface area contributed by atoms with Crippen molar-refractivity contribution in [3.05, 3.63) is 194 Å². The summed E-state index contributed by atoms with van der Waals surface area (Å²) in [6.45, 7) is 4.28. The molecule has 0 aliphatic rings. The molecular formula is C89H142O17P2. The largest absolute Gasteiger partial charge is 0.472 e. The molecule has 0 aromatic rings. The van der Waals surface area contributed by atoms with Crippen molar-refractivity contribution in [1.29, 1.82) is 0 Å². The summed E-state index contributed by atoms with van der Waals surface area (Å²) in [7, 11) is -10.0. The van der Waals surface area contributed by atoms with E-state index in [0.717, 1.165) is 199 Å². The average Bonchev–Trinajstić information content (AvgIpc) is 0.901. The van der Waals surface area contributed by atoms with Gasteiger partial charge in [0.2, 0.25) is 0 Å². The van der Waals surface area contributed by atoms with Crippen molar-refractivity contribution >= 4 is 39.5 Å². The van der Waals surface area contributed by atoms with Crippen LogP contribution in [-0.2, 0) is 65.4 Å². The molecule has 108 heavy (non-hydrogen) atoms. The minimum absolute atomic E-state index is 0.0266. The van der Waals surface area contributed by atoms with Crippen molar-refractivity contribution in [3.63, 3.8) is 0 Å². The Morgan fingerprint density at radius 2 is 0.454 bits per heavy atom. The van der Waals surface area contributed by atoms with Crippen LogP contribution in [0.4, 0.5) is 0 Å². The first-order valence-electron chi connectivity index (χ1n) is 40.7. The number of hydrogen-bond acceptors (Lipinski definition) is 15. The van der Waals surface area contributed by atoms with Crippen LogP contribution in [-0.4, -0.2) is 96.7 Å². The van der Waals surface area contributed by atoms with Crippen LogP contribution in [0.3, 0.4) is 0 Å². The number of allylic oxidation sites excluding steroid dienone is 32. The van der Waals surface area contributed by atoms with Gasteiger partial charge in [-0.3, -0.25) is 37.3 Å². The molecule has 0 bridgehead atoms. The molecular weight excluding hydrogens is 1400 g/mol. The minimum Gasteiger partial charge on any atom is -0.462 e. The van der Waals surface area contributed by atoms with Crippen molar-refractivity contribution < 1.29 is 80.2 Å². The number of ether oxygens (including phenoxy) is 4. The van der Waals surface area contributed by atoms with Gasteiger partial charge in [0, 0.05) is 25.7 Å². The van der Waals surface area contributed by atoms with Crippen molar-refractivity contribution in [2.24, 2.45) is 0 Å². The fraction of sp³-hybridized carbons (Fsp3) is 0.596. The topological polar surface area (TPSA) is 237 Å². The van der Waals surface area contributed by atoms with Crippen LogP contribution in [0.5, 0.6) is 0 Å². The van der Waals surface area contributed by atoms with E-state index in [-0.39, 0.29) is 25.7 Å². The standard InChI is InChI=1S/C89H142O17P2/c1-5-9-13-17-21-25-29-33-37-40-41-44-47-50-54-58-62-66-70-74-87(92)100-79-84(105-88(93)75-71-67-63-59-55-51-45-36-32-28-24-20-16-12-8-4)81-103-107(95,96)101-77-83(90)78-102-108(97,98)104-82-85(106-89(94)76-72-68-64-60-56-52-48-43-39-35-31-27-23-19-15-11-7-3)80-99-86(91)73-69-65-61-57-53-49-46-42-38-34-30-26-22-18-14-10-6-2/h9-16,21-28,33-39,41,44-46,49-50,54-55,59,83-85,90H,5-8,17-20,29-32,40,42-43,47-48,51-53,56-58,60-82H2,1-4H3,(H,95,96)(H,97,98)/b13-9-,14-10-,15-11-,16-12-,25-21-,26-22-,27-23-,28-24-,37-33-,38-34-,39-35-,44-41-,45-36-,49-46-,54-50-,59-55-. The minimum atomic E-state index is -5.01. The number of carbonyl (C=O) groups is 4. The highest BCUT2D eigenvalue weighted by Crippen LogP contribution is 2.45. The molecule has 3 N–H and O–H groups in total. The molecule has 5 atom stereocenters. The SMILES string of the molecule is CC/C=C\C/C=C\C/C=C\C/C=C\C/C=C\CCCCCC(=O)OCC(COP(=O)(O)OCC(O)COP(=O)(O)OCC(COC(=O)CCCCCC/C=C\C/C=C\C/C=C\C/C=C\CC)OC(=O)CCCCCCCCC/C=C\C/C=C\C/C=C\CC)OC(=O)CCCC/C=C\C/C=C\C/C=C\C/C=C\CC. The van der Waals surface area contributed by atoms with E-state index in [4.69, 9.17) is 37.0 Å². The Labute approximate surface area is 653 Å². The smallest absolute Gasteiger partial charge is 0.462 e. The van der Waals surface area contributed by atoms with Crippen LogP contribution in [0.25, 0.3) is 0 Å². The van der Waals surface area contributed by atoms with Crippen LogP contribution < -0.4 is 0 Å². The zero-order valence-corrected chi connectivity index (χ0v) is 68.5. The molecule has 0 saturated carbocycles.